The van der Waals surface area contributed by atoms with Crippen LogP contribution in [0.15, 0.2) is 4.99 Å². The lowest BCUT2D eigenvalue weighted by Crippen LogP contribution is -2.44. The van der Waals surface area contributed by atoms with Crippen molar-refractivity contribution in [3.05, 3.63) is 0 Å². The normalized spacial score (nSPS) is 21.4. The van der Waals surface area contributed by atoms with Crippen molar-refractivity contribution in [2.75, 3.05) is 66.2 Å². The quantitative estimate of drug-likeness (QED) is 0.285. The smallest absolute Gasteiger partial charge is 0.191 e. The van der Waals surface area contributed by atoms with Crippen LogP contribution in [-0.4, -0.2) is 77.1 Å². The van der Waals surface area contributed by atoms with Crippen LogP contribution in [0, 0.1) is 11.3 Å². The summed E-state index contributed by atoms with van der Waals surface area (Å²) in [5, 5.41) is 6.93. The van der Waals surface area contributed by atoms with Crippen LogP contribution in [0.5, 0.6) is 0 Å². The predicted molar refractivity (Wildman–Crippen MR) is 119 cm³/mol. The molecule has 1 unspecified atom stereocenters. The Hall–Kier alpha value is -0.120. The Morgan fingerprint density at radius 2 is 2.00 bits per heavy atom. The maximum atomic E-state index is 5.42. The highest BCUT2D eigenvalue weighted by Crippen LogP contribution is 2.44. The summed E-state index contributed by atoms with van der Waals surface area (Å²) >= 11 is 0. The molecule has 2 fully saturated rings. The van der Waals surface area contributed by atoms with E-state index in [9.17, 15) is 0 Å². The average Bonchev–Trinajstić information content (AvgIpc) is 2.59. The maximum Gasteiger partial charge on any atom is 0.191 e. The molecule has 26 heavy (non-hydrogen) atoms. The number of hydrogen-bond acceptors (Lipinski definition) is 4. The molecule has 0 aromatic carbocycles. The second kappa shape index (κ2) is 13.1. The summed E-state index contributed by atoms with van der Waals surface area (Å²) in [6.45, 7) is 13.0. The van der Waals surface area contributed by atoms with Gasteiger partial charge in [-0.15, -0.1) is 24.0 Å². The fraction of sp³-hybridized carbons (Fsp3) is 0.947. The number of methoxy groups -OCH3 is 1. The van der Waals surface area contributed by atoms with E-state index in [1.807, 2.05) is 0 Å². The van der Waals surface area contributed by atoms with Gasteiger partial charge in [-0.3, -0.25) is 9.89 Å². The van der Waals surface area contributed by atoms with E-state index >= 15 is 0 Å². The van der Waals surface area contributed by atoms with Gasteiger partial charge in [-0.2, -0.15) is 0 Å². The number of ether oxygens (including phenoxy) is 2. The second-order valence-electron chi connectivity index (χ2n) is 7.69. The van der Waals surface area contributed by atoms with Crippen LogP contribution < -0.4 is 10.6 Å². The van der Waals surface area contributed by atoms with Crippen molar-refractivity contribution in [1.29, 1.82) is 0 Å². The summed E-state index contributed by atoms with van der Waals surface area (Å²) in [6, 6.07) is 0. The van der Waals surface area contributed by atoms with Gasteiger partial charge < -0.3 is 20.1 Å². The minimum absolute atomic E-state index is 0. The first-order valence-corrected chi connectivity index (χ1v) is 9.99. The lowest BCUT2D eigenvalue weighted by atomic mass is 9.67. The Bertz CT molecular complexity index is 399. The molecule has 0 bridgehead atoms. The summed E-state index contributed by atoms with van der Waals surface area (Å²) in [7, 11) is 1.79. The third kappa shape index (κ3) is 8.27. The topological polar surface area (TPSA) is 58.1 Å². The van der Waals surface area contributed by atoms with E-state index in [0.717, 1.165) is 71.5 Å². The van der Waals surface area contributed by atoms with Gasteiger partial charge in [-0.05, 0) is 37.5 Å². The first kappa shape index (κ1) is 23.9. The van der Waals surface area contributed by atoms with Gasteiger partial charge in [0.2, 0.25) is 0 Å². The Kier molecular flexibility index (Phi) is 12.1. The van der Waals surface area contributed by atoms with Crippen molar-refractivity contribution in [2.45, 2.75) is 39.5 Å². The van der Waals surface area contributed by atoms with Gasteiger partial charge in [0.1, 0.15) is 0 Å². The van der Waals surface area contributed by atoms with Crippen LogP contribution in [0.2, 0.25) is 0 Å². The van der Waals surface area contributed by atoms with E-state index in [1.165, 1.54) is 19.3 Å². The van der Waals surface area contributed by atoms with Gasteiger partial charge in [0.05, 0.1) is 13.2 Å². The predicted octanol–water partition coefficient (Wildman–Crippen LogP) is 2.33. The molecular formula is C19H39IN4O2. The van der Waals surface area contributed by atoms with Crippen molar-refractivity contribution in [1.82, 2.24) is 15.5 Å². The highest BCUT2D eigenvalue weighted by atomic mass is 127. The summed E-state index contributed by atoms with van der Waals surface area (Å²) < 4.78 is 10.7. The van der Waals surface area contributed by atoms with E-state index < -0.39 is 0 Å². The second-order valence-corrected chi connectivity index (χ2v) is 7.69. The molecular weight excluding hydrogens is 443 g/mol. The molecule has 2 rings (SSSR count). The van der Waals surface area contributed by atoms with Crippen molar-refractivity contribution in [3.8, 4) is 0 Å². The highest BCUT2D eigenvalue weighted by Gasteiger charge is 2.36. The SMILES string of the molecule is CCNC(=NCC1(CCOC)CCC1)NCC(C)CN1CCOCC1.I. The monoisotopic (exact) mass is 482 g/mol. The van der Waals surface area contributed by atoms with E-state index in [0.29, 0.717) is 11.3 Å². The van der Waals surface area contributed by atoms with E-state index in [-0.39, 0.29) is 24.0 Å². The molecule has 1 aliphatic carbocycles. The van der Waals surface area contributed by atoms with E-state index in [4.69, 9.17) is 14.5 Å². The number of guanidine groups is 1. The number of halogens is 1. The molecule has 154 valence electrons. The summed E-state index contributed by atoms with van der Waals surface area (Å²) in [5.41, 5.74) is 0.373. The van der Waals surface area contributed by atoms with Crippen molar-refractivity contribution in [3.63, 3.8) is 0 Å². The van der Waals surface area contributed by atoms with Crippen molar-refractivity contribution < 1.29 is 9.47 Å². The third-order valence-corrected chi connectivity index (χ3v) is 5.46. The maximum absolute atomic E-state index is 5.42. The largest absolute Gasteiger partial charge is 0.385 e. The number of hydrogen-bond donors (Lipinski definition) is 2. The molecule has 0 amide bonds. The number of morpholine rings is 1. The first-order chi connectivity index (χ1) is 12.2. The zero-order valence-corrected chi connectivity index (χ0v) is 19.2. The Labute approximate surface area is 176 Å². The average molecular weight is 482 g/mol. The van der Waals surface area contributed by atoms with Gasteiger partial charge in [-0.1, -0.05) is 13.3 Å². The van der Waals surface area contributed by atoms with Crippen LogP contribution in [-0.2, 0) is 9.47 Å². The third-order valence-electron chi connectivity index (χ3n) is 5.46. The van der Waals surface area contributed by atoms with Gasteiger partial charge in [0, 0.05) is 53.0 Å². The van der Waals surface area contributed by atoms with Gasteiger partial charge in [-0.25, -0.2) is 0 Å². The molecule has 0 radical (unpaired) electrons. The summed E-state index contributed by atoms with van der Waals surface area (Å²) in [5.74, 6) is 1.55. The van der Waals surface area contributed by atoms with Gasteiger partial charge in [0.25, 0.3) is 0 Å². The first-order valence-electron chi connectivity index (χ1n) is 9.99. The van der Waals surface area contributed by atoms with Crippen LogP contribution >= 0.6 is 24.0 Å². The molecule has 1 aliphatic heterocycles. The minimum Gasteiger partial charge on any atom is -0.385 e. The van der Waals surface area contributed by atoms with Crippen LogP contribution in [0.4, 0.5) is 0 Å². The molecule has 2 N–H and O–H groups in total. The zero-order valence-electron chi connectivity index (χ0n) is 16.9. The lowest BCUT2D eigenvalue weighted by Gasteiger charge is -2.40. The molecule has 0 spiro atoms. The molecule has 0 aromatic heterocycles. The van der Waals surface area contributed by atoms with Crippen molar-refractivity contribution >= 4 is 29.9 Å². The zero-order chi connectivity index (χ0) is 18.0. The molecule has 0 aromatic rings. The molecule has 1 atom stereocenters. The lowest BCUT2D eigenvalue weighted by molar-refractivity contribution is 0.0320. The highest BCUT2D eigenvalue weighted by molar-refractivity contribution is 14.0. The molecule has 6 nitrogen and oxygen atoms in total. The summed E-state index contributed by atoms with van der Waals surface area (Å²) in [4.78, 5) is 7.38. The summed E-state index contributed by atoms with van der Waals surface area (Å²) in [6.07, 6.45) is 5.03. The minimum atomic E-state index is 0. The standard InChI is InChI=1S/C19H38N4O2.HI/c1-4-20-18(22-16-19(6-5-7-19)8-11-24-3)21-14-17(2)15-23-9-12-25-13-10-23;/h17H,4-16H2,1-3H3,(H2,20,21,22);1H. The number of nitrogens with one attached hydrogen (secondary N) is 2. The molecule has 1 saturated carbocycles. The van der Waals surface area contributed by atoms with Crippen LogP contribution in [0.1, 0.15) is 39.5 Å². The Balaban J connectivity index is 0.00000338. The van der Waals surface area contributed by atoms with Crippen LogP contribution in [0.3, 0.4) is 0 Å². The van der Waals surface area contributed by atoms with Crippen molar-refractivity contribution in [2.24, 2.45) is 16.3 Å². The number of aliphatic imine (C=N–C) groups is 1. The molecule has 1 saturated heterocycles. The molecule has 1 heterocycles. The van der Waals surface area contributed by atoms with Gasteiger partial charge >= 0.3 is 0 Å². The Morgan fingerprint density at radius 1 is 1.27 bits per heavy atom. The fourth-order valence-corrected chi connectivity index (χ4v) is 3.63. The van der Waals surface area contributed by atoms with E-state index in [1.54, 1.807) is 7.11 Å². The van der Waals surface area contributed by atoms with Crippen LogP contribution in [0.25, 0.3) is 0 Å². The molecule has 7 heteroatoms. The van der Waals surface area contributed by atoms with Gasteiger partial charge in [0.15, 0.2) is 5.96 Å². The number of rotatable bonds is 10. The molecule has 2 aliphatic rings. The number of nitrogens with zero attached hydrogens (tertiary/aromatic N) is 2. The fourth-order valence-electron chi connectivity index (χ4n) is 3.63. The van der Waals surface area contributed by atoms with E-state index in [2.05, 4.69) is 29.4 Å². The Morgan fingerprint density at radius 3 is 2.58 bits per heavy atom.